The second kappa shape index (κ2) is 14.9. The molecule has 15 heteroatoms. The van der Waals surface area contributed by atoms with Crippen molar-refractivity contribution in [3.63, 3.8) is 0 Å². The van der Waals surface area contributed by atoms with Crippen molar-refractivity contribution in [2.24, 2.45) is 17.4 Å². The second-order valence-electron chi connectivity index (χ2n) is 16.1. The first-order valence-electron chi connectivity index (χ1n) is 19.9. The molecule has 3 fully saturated rings. The Labute approximate surface area is 330 Å². The summed E-state index contributed by atoms with van der Waals surface area (Å²) in [4.78, 5) is 51.1. The van der Waals surface area contributed by atoms with Crippen molar-refractivity contribution in [1.29, 1.82) is 0 Å². The quantitative estimate of drug-likeness (QED) is 0.211. The van der Waals surface area contributed by atoms with Gasteiger partial charge in [0.05, 0.1) is 24.0 Å². The summed E-state index contributed by atoms with van der Waals surface area (Å²) in [6, 6.07) is 14.0. The summed E-state index contributed by atoms with van der Waals surface area (Å²) in [5.74, 6) is -0.388. The van der Waals surface area contributed by atoms with Gasteiger partial charge in [0, 0.05) is 93.7 Å². The number of rotatable bonds is 8. The van der Waals surface area contributed by atoms with Crippen LogP contribution in [0.15, 0.2) is 66.1 Å². The van der Waals surface area contributed by atoms with E-state index in [0.717, 1.165) is 75.4 Å². The minimum Gasteiger partial charge on any atom is -0.504 e. The SMILES string of the molecule is NC1=C(/C=C(\N)c2cccc(F)c2O)N2CC(Oc3ccc4c(n3)CCN(CC3CCN(c5ccc6c(c5)C(=O)N(C5CCC(=O)NC5=O)C6)CC3)C4)CC2CN1. The smallest absolute Gasteiger partial charge is 0.255 e. The molecule has 3 atom stereocenters. The number of carbonyl (C=O) groups excluding carboxylic acids is 3. The molecule has 298 valence electrons. The maximum absolute atomic E-state index is 14.0. The molecule has 7 heterocycles. The summed E-state index contributed by atoms with van der Waals surface area (Å²) < 4.78 is 20.5. The van der Waals surface area contributed by atoms with Crippen molar-refractivity contribution < 1.29 is 28.6 Å². The molecule has 2 aromatic carbocycles. The number of hydrogen-bond acceptors (Lipinski definition) is 12. The summed E-state index contributed by atoms with van der Waals surface area (Å²) in [7, 11) is 0. The monoisotopic (exact) mass is 777 g/mol. The zero-order valence-corrected chi connectivity index (χ0v) is 31.8. The van der Waals surface area contributed by atoms with E-state index in [1.54, 1.807) is 17.0 Å². The normalized spacial score (nSPS) is 24.3. The van der Waals surface area contributed by atoms with Gasteiger partial charge in [-0.3, -0.25) is 24.6 Å². The van der Waals surface area contributed by atoms with Crippen LogP contribution in [0.2, 0.25) is 0 Å². The van der Waals surface area contributed by atoms with E-state index in [2.05, 4.69) is 37.5 Å². The third-order valence-electron chi connectivity index (χ3n) is 12.5. The molecule has 0 spiro atoms. The average Bonchev–Trinajstić information content (AvgIpc) is 3.77. The van der Waals surface area contributed by atoms with E-state index < -0.39 is 17.6 Å². The van der Waals surface area contributed by atoms with E-state index in [1.165, 1.54) is 17.7 Å². The summed E-state index contributed by atoms with van der Waals surface area (Å²) in [6.07, 6.45) is 5.92. The van der Waals surface area contributed by atoms with Gasteiger partial charge in [-0.25, -0.2) is 9.37 Å². The molecule has 3 saturated heterocycles. The van der Waals surface area contributed by atoms with E-state index in [0.29, 0.717) is 54.9 Å². The summed E-state index contributed by atoms with van der Waals surface area (Å²) >= 11 is 0. The molecule has 0 bridgehead atoms. The molecule has 0 saturated carbocycles. The van der Waals surface area contributed by atoms with Gasteiger partial charge in [-0.15, -0.1) is 0 Å². The highest BCUT2D eigenvalue weighted by atomic mass is 19.1. The Morgan fingerprint density at radius 3 is 2.65 bits per heavy atom. The molecular formula is C42H48FN9O5. The number of nitrogens with zero attached hydrogens (tertiary/aromatic N) is 5. The van der Waals surface area contributed by atoms with E-state index in [-0.39, 0.29) is 47.5 Å². The van der Waals surface area contributed by atoms with Crippen molar-refractivity contribution in [3.05, 3.63) is 99.9 Å². The highest BCUT2D eigenvalue weighted by Gasteiger charge is 2.40. The van der Waals surface area contributed by atoms with Crippen LogP contribution < -0.4 is 31.7 Å². The van der Waals surface area contributed by atoms with Crippen molar-refractivity contribution in [2.75, 3.05) is 44.2 Å². The highest BCUT2D eigenvalue weighted by molar-refractivity contribution is 6.05. The maximum atomic E-state index is 14.0. The molecule has 1 aromatic heterocycles. The molecular weight excluding hydrogens is 730 g/mol. The van der Waals surface area contributed by atoms with Gasteiger partial charge in [0.1, 0.15) is 18.0 Å². The van der Waals surface area contributed by atoms with Crippen LogP contribution in [0.3, 0.4) is 0 Å². The van der Waals surface area contributed by atoms with Gasteiger partial charge < -0.3 is 41.3 Å². The summed E-state index contributed by atoms with van der Waals surface area (Å²) in [5, 5.41) is 15.8. The number of carbonyl (C=O) groups is 3. The Kier molecular flexibility index (Phi) is 9.63. The predicted molar refractivity (Wildman–Crippen MR) is 210 cm³/mol. The number of nitrogens with one attached hydrogen (secondary N) is 2. The predicted octanol–water partition coefficient (Wildman–Crippen LogP) is 2.51. The number of benzene rings is 2. The number of imide groups is 1. The number of nitrogens with two attached hydrogens (primary N) is 2. The molecule has 3 unspecified atom stereocenters. The van der Waals surface area contributed by atoms with Crippen LogP contribution in [0, 0.1) is 11.7 Å². The van der Waals surface area contributed by atoms with E-state index >= 15 is 0 Å². The lowest BCUT2D eigenvalue weighted by Crippen LogP contribution is -2.52. The number of fused-ring (bicyclic) bond motifs is 3. The average molecular weight is 778 g/mol. The number of piperidine rings is 2. The first kappa shape index (κ1) is 36.8. The van der Waals surface area contributed by atoms with Gasteiger partial charge in [0.25, 0.3) is 5.91 Å². The lowest BCUT2D eigenvalue weighted by Gasteiger charge is -2.37. The Bertz CT molecular complexity index is 2190. The van der Waals surface area contributed by atoms with Crippen molar-refractivity contribution >= 4 is 29.1 Å². The van der Waals surface area contributed by atoms with Gasteiger partial charge in [-0.1, -0.05) is 18.2 Å². The fourth-order valence-electron chi connectivity index (χ4n) is 9.38. The third-order valence-corrected chi connectivity index (χ3v) is 12.5. The lowest BCUT2D eigenvalue weighted by molar-refractivity contribution is -0.136. The van der Waals surface area contributed by atoms with Gasteiger partial charge in [0.2, 0.25) is 17.7 Å². The van der Waals surface area contributed by atoms with Crippen LogP contribution in [-0.2, 0) is 29.1 Å². The van der Waals surface area contributed by atoms with Crippen LogP contribution in [0.1, 0.15) is 64.8 Å². The molecule has 9 rings (SSSR count). The number of para-hydroxylation sites is 1. The number of halogens is 1. The van der Waals surface area contributed by atoms with Crippen molar-refractivity contribution in [1.82, 2.24) is 30.3 Å². The number of amides is 3. The number of phenols is 1. The number of aromatic hydroxyl groups is 1. The van der Waals surface area contributed by atoms with Crippen LogP contribution in [-0.4, -0.2) is 100.0 Å². The lowest BCUT2D eigenvalue weighted by atomic mass is 9.94. The number of pyridine rings is 1. The maximum Gasteiger partial charge on any atom is 0.255 e. The molecule has 6 aliphatic heterocycles. The molecule has 14 nitrogen and oxygen atoms in total. The topological polar surface area (TPSA) is 183 Å². The molecule has 3 amide bonds. The minimum absolute atomic E-state index is 0.115. The number of allylic oxidation sites excluding steroid dienone is 1. The molecule has 7 N–H and O–H groups in total. The van der Waals surface area contributed by atoms with Gasteiger partial charge in [0.15, 0.2) is 11.6 Å². The minimum atomic E-state index is -0.736. The number of phenolic OH excluding ortho intramolecular Hbond substituents is 1. The van der Waals surface area contributed by atoms with Crippen molar-refractivity contribution in [2.45, 2.75) is 69.8 Å². The van der Waals surface area contributed by atoms with Crippen LogP contribution >= 0.6 is 0 Å². The van der Waals surface area contributed by atoms with E-state index in [1.807, 2.05) is 18.2 Å². The summed E-state index contributed by atoms with van der Waals surface area (Å²) in [5.41, 5.74) is 18.7. The van der Waals surface area contributed by atoms with E-state index in [9.17, 15) is 23.9 Å². The van der Waals surface area contributed by atoms with Gasteiger partial charge in [-0.05, 0) is 66.6 Å². The second-order valence-corrected chi connectivity index (χ2v) is 16.1. The molecule has 6 aliphatic rings. The zero-order valence-electron chi connectivity index (χ0n) is 31.8. The largest absolute Gasteiger partial charge is 0.504 e. The number of aromatic nitrogens is 1. The first-order chi connectivity index (χ1) is 27.6. The third kappa shape index (κ3) is 7.20. The number of ether oxygens (including phenoxy) is 1. The number of anilines is 1. The fraction of sp³-hybridized carbons (Fsp3) is 0.429. The van der Waals surface area contributed by atoms with Crippen LogP contribution in [0.25, 0.3) is 5.70 Å². The molecule has 3 aromatic rings. The van der Waals surface area contributed by atoms with Crippen LogP contribution in [0.4, 0.5) is 10.1 Å². The molecule has 0 aliphatic carbocycles. The van der Waals surface area contributed by atoms with Crippen molar-refractivity contribution in [3.8, 4) is 11.6 Å². The summed E-state index contributed by atoms with van der Waals surface area (Å²) in [6.45, 7) is 6.28. The molecule has 0 radical (unpaired) electrons. The zero-order chi connectivity index (χ0) is 39.4. The first-order valence-corrected chi connectivity index (χ1v) is 19.9. The van der Waals surface area contributed by atoms with Gasteiger partial charge >= 0.3 is 0 Å². The standard InChI is InChI=1S/C42H48FN9O5/c43-32-3-1-2-30(39(32)54)33(44)18-36-40(45)46-19-28-16-29(23-51(28)36)57-38-9-5-26-21-49(13-12-34(26)47-38)20-24-10-14-50(15-11-24)27-6-4-25-22-52(42(56)31(25)17-27)35-7-8-37(53)48-41(35)55/h1-6,9,17-18,24,28-29,35,46,54H,7-8,10-16,19-23,44-45H2,(H,48,53,55)/b33-18-. The number of hydrogen-bond donors (Lipinski definition) is 5. The molecule has 57 heavy (non-hydrogen) atoms. The Hall–Kier alpha value is -5.83. The fourth-order valence-corrected chi connectivity index (χ4v) is 9.38. The van der Waals surface area contributed by atoms with E-state index in [4.69, 9.17) is 21.2 Å². The highest BCUT2D eigenvalue weighted by Crippen LogP contribution is 2.35. The Balaban J connectivity index is 0.767. The van der Waals surface area contributed by atoms with Crippen LogP contribution in [0.5, 0.6) is 11.6 Å². The Morgan fingerprint density at radius 2 is 1.82 bits per heavy atom. The Morgan fingerprint density at radius 1 is 1.00 bits per heavy atom. The van der Waals surface area contributed by atoms with Gasteiger partial charge in [-0.2, -0.15) is 0 Å².